The van der Waals surface area contributed by atoms with Crippen molar-refractivity contribution in [2.45, 2.75) is 52.0 Å². The highest BCUT2D eigenvalue weighted by Crippen LogP contribution is 2.27. The van der Waals surface area contributed by atoms with E-state index in [4.69, 9.17) is 0 Å². The van der Waals surface area contributed by atoms with Gasteiger partial charge in [-0.2, -0.15) is 0 Å². The number of amides is 1. The molecule has 1 amide bonds. The van der Waals surface area contributed by atoms with Crippen LogP contribution in [0.4, 0.5) is 10.2 Å². The monoisotopic (exact) mass is 293 g/mol. The van der Waals surface area contributed by atoms with Gasteiger partial charge in [-0.1, -0.05) is 19.8 Å². The summed E-state index contributed by atoms with van der Waals surface area (Å²) in [4.78, 5) is 16.4. The van der Waals surface area contributed by atoms with Gasteiger partial charge in [-0.05, 0) is 38.2 Å². The largest absolute Gasteiger partial charge is 0.369 e. The molecule has 0 saturated heterocycles. The normalized spacial score (nSPS) is 16.7. The molecule has 1 aliphatic rings. The molecular weight excluding hydrogens is 269 g/mol. The molecule has 1 fully saturated rings. The Kier molecular flexibility index (Phi) is 5.53. The van der Waals surface area contributed by atoms with Crippen molar-refractivity contribution in [2.75, 3.05) is 11.9 Å². The van der Waals surface area contributed by atoms with E-state index >= 15 is 0 Å². The van der Waals surface area contributed by atoms with E-state index in [0.717, 1.165) is 25.5 Å². The third-order valence-electron chi connectivity index (χ3n) is 4.11. The topological polar surface area (TPSA) is 54.0 Å². The molecule has 4 nitrogen and oxygen atoms in total. The number of carbonyl (C=O) groups excluding carboxylic acids is 1. The molecule has 1 aliphatic carbocycles. The summed E-state index contributed by atoms with van der Waals surface area (Å²) in [5.74, 6) is 0.243. The van der Waals surface area contributed by atoms with Crippen LogP contribution in [0.5, 0.6) is 0 Å². The molecule has 0 aromatic carbocycles. The van der Waals surface area contributed by atoms with Gasteiger partial charge in [0.25, 0.3) is 5.91 Å². The van der Waals surface area contributed by atoms with Crippen LogP contribution in [0.25, 0.3) is 0 Å². The maximum atomic E-state index is 13.4. The van der Waals surface area contributed by atoms with Gasteiger partial charge in [0.15, 0.2) is 0 Å². The summed E-state index contributed by atoms with van der Waals surface area (Å²) >= 11 is 0. The lowest BCUT2D eigenvalue weighted by Gasteiger charge is -2.21. The van der Waals surface area contributed by atoms with E-state index in [-0.39, 0.29) is 17.5 Å². The van der Waals surface area contributed by atoms with Gasteiger partial charge in [0.1, 0.15) is 11.6 Å². The third-order valence-corrected chi connectivity index (χ3v) is 4.11. The van der Waals surface area contributed by atoms with Crippen LogP contribution in [0.15, 0.2) is 12.3 Å². The molecule has 1 unspecified atom stereocenters. The summed E-state index contributed by atoms with van der Waals surface area (Å²) < 4.78 is 13.4. The van der Waals surface area contributed by atoms with Crippen LogP contribution in [0.2, 0.25) is 0 Å². The van der Waals surface area contributed by atoms with Crippen molar-refractivity contribution >= 4 is 11.7 Å². The first-order valence-corrected chi connectivity index (χ1v) is 7.82. The number of hydrogen-bond acceptors (Lipinski definition) is 3. The minimum atomic E-state index is -0.490. The molecule has 0 radical (unpaired) electrons. The van der Waals surface area contributed by atoms with Crippen molar-refractivity contribution in [3.05, 3.63) is 23.6 Å². The fraction of sp³-hybridized carbons (Fsp3) is 0.625. The Morgan fingerprint density at radius 1 is 1.48 bits per heavy atom. The highest BCUT2D eigenvalue weighted by atomic mass is 19.1. The smallest absolute Gasteiger partial charge is 0.255 e. The first-order chi connectivity index (χ1) is 10.1. The zero-order chi connectivity index (χ0) is 15.2. The average Bonchev–Trinajstić information content (AvgIpc) is 3.00. The number of halogens is 1. The lowest BCUT2D eigenvalue weighted by molar-refractivity contribution is 0.0927. The molecule has 1 aromatic heterocycles. The lowest BCUT2D eigenvalue weighted by atomic mass is 9.99. The van der Waals surface area contributed by atoms with Gasteiger partial charge in [-0.3, -0.25) is 4.79 Å². The van der Waals surface area contributed by atoms with Crippen LogP contribution in [0, 0.1) is 11.7 Å². The van der Waals surface area contributed by atoms with Crippen molar-refractivity contribution in [1.29, 1.82) is 0 Å². The van der Waals surface area contributed by atoms with Gasteiger partial charge in [0.2, 0.25) is 0 Å². The van der Waals surface area contributed by atoms with Gasteiger partial charge < -0.3 is 10.6 Å². The highest BCUT2D eigenvalue weighted by Gasteiger charge is 2.24. The molecular formula is C16H24FN3O. The van der Waals surface area contributed by atoms with Crippen LogP contribution >= 0.6 is 0 Å². The summed E-state index contributed by atoms with van der Waals surface area (Å²) in [5, 5.41) is 6.07. The Hall–Kier alpha value is -1.65. The van der Waals surface area contributed by atoms with Crippen molar-refractivity contribution in [2.24, 2.45) is 5.92 Å². The van der Waals surface area contributed by atoms with Crippen LogP contribution < -0.4 is 10.6 Å². The maximum Gasteiger partial charge on any atom is 0.255 e. The van der Waals surface area contributed by atoms with Crippen LogP contribution in [-0.4, -0.2) is 23.5 Å². The minimum Gasteiger partial charge on any atom is -0.369 e. The van der Waals surface area contributed by atoms with E-state index in [1.165, 1.54) is 18.9 Å². The Bertz CT molecular complexity index is 486. The second kappa shape index (κ2) is 7.38. The molecule has 2 N–H and O–H groups in total. The van der Waals surface area contributed by atoms with Crippen molar-refractivity contribution < 1.29 is 9.18 Å². The number of anilines is 1. The van der Waals surface area contributed by atoms with E-state index < -0.39 is 5.82 Å². The first kappa shape index (κ1) is 15.7. The molecule has 21 heavy (non-hydrogen) atoms. The van der Waals surface area contributed by atoms with Crippen molar-refractivity contribution in [3.8, 4) is 0 Å². The van der Waals surface area contributed by atoms with Crippen LogP contribution in [0.1, 0.15) is 56.3 Å². The maximum absolute atomic E-state index is 13.4. The lowest BCUT2D eigenvalue weighted by Crippen LogP contribution is -2.37. The molecule has 0 aliphatic heterocycles. The highest BCUT2D eigenvalue weighted by molar-refractivity contribution is 5.98. The summed E-state index contributed by atoms with van der Waals surface area (Å²) in [6.07, 6.45) is 6.83. The van der Waals surface area contributed by atoms with E-state index in [9.17, 15) is 9.18 Å². The van der Waals surface area contributed by atoms with Crippen molar-refractivity contribution in [3.63, 3.8) is 0 Å². The third kappa shape index (κ3) is 4.16. The Morgan fingerprint density at radius 2 is 2.19 bits per heavy atom. The standard InChI is InChI=1S/C16H24FN3O/c1-3-8-18-15-14(9-13(17)10-19-15)16(21)20-11(2)12-6-4-5-7-12/h9-12H,3-8H2,1-2H3,(H,18,19)(H,20,21). The molecule has 1 heterocycles. The molecule has 2 rings (SSSR count). The Morgan fingerprint density at radius 3 is 2.86 bits per heavy atom. The van der Waals surface area contributed by atoms with E-state index in [1.54, 1.807) is 0 Å². The second-order valence-corrected chi connectivity index (χ2v) is 5.78. The Balaban J connectivity index is 2.07. The zero-order valence-corrected chi connectivity index (χ0v) is 12.8. The molecule has 1 saturated carbocycles. The molecule has 116 valence electrons. The van der Waals surface area contributed by atoms with E-state index in [2.05, 4.69) is 15.6 Å². The number of hydrogen-bond donors (Lipinski definition) is 2. The van der Waals surface area contributed by atoms with Gasteiger partial charge in [0.05, 0.1) is 11.8 Å². The van der Waals surface area contributed by atoms with E-state index in [0.29, 0.717) is 18.3 Å². The molecule has 0 bridgehead atoms. The van der Waals surface area contributed by atoms with Crippen LogP contribution in [0.3, 0.4) is 0 Å². The quantitative estimate of drug-likeness (QED) is 0.845. The second-order valence-electron chi connectivity index (χ2n) is 5.78. The first-order valence-electron chi connectivity index (χ1n) is 7.82. The summed E-state index contributed by atoms with van der Waals surface area (Å²) in [5.41, 5.74) is 0.285. The molecule has 1 atom stereocenters. The number of aromatic nitrogens is 1. The zero-order valence-electron chi connectivity index (χ0n) is 12.8. The number of nitrogens with one attached hydrogen (secondary N) is 2. The van der Waals surface area contributed by atoms with E-state index in [1.807, 2.05) is 13.8 Å². The number of rotatable bonds is 6. The molecule has 0 spiro atoms. The van der Waals surface area contributed by atoms with Gasteiger partial charge in [-0.25, -0.2) is 9.37 Å². The van der Waals surface area contributed by atoms with Crippen molar-refractivity contribution in [1.82, 2.24) is 10.3 Å². The minimum absolute atomic E-state index is 0.113. The number of nitrogens with zero attached hydrogens (tertiary/aromatic N) is 1. The fourth-order valence-electron chi connectivity index (χ4n) is 2.86. The number of pyridine rings is 1. The fourth-order valence-corrected chi connectivity index (χ4v) is 2.86. The average molecular weight is 293 g/mol. The molecule has 1 aromatic rings. The van der Waals surface area contributed by atoms with Crippen LogP contribution in [-0.2, 0) is 0 Å². The van der Waals surface area contributed by atoms with Gasteiger partial charge >= 0.3 is 0 Å². The number of carbonyl (C=O) groups is 1. The summed E-state index contributed by atoms with van der Waals surface area (Å²) in [7, 11) is 0. The molecule has 5 heteroatoms. The van der Waals surface area contributed by atoms with Gasteiger partial charge in [-0.15, -0.1) is 0 Å². The predicted octanol–water partition coefficient (Wildman–Crippen LogP) is 3.35. The summed E-state index contributed by atoms with van der Waals surface area (Å²) in [6, 6.07) is 1.36. The summed E-state index contributed by atoms with van der Waals surface area (Å²) in [6.45, 7) is 4.76. The van der Waals surface area contributed by atoms with Gasteiger partial charge in [0, 0.05) is 12.6 Å². The SMILES string of the molecule is CCCNc1ncc(F)cc1C(=O)NC(C)C1CCCC1. The Labute approximate surface area is 125 Å². The predicted molar refractivity (Wildman–Crippen MR) is 81.9 cm³/mol.